The van der Waals surface area contributed by atoms with Gasteiger partial charge in [-0.1, -0.05) is 66.2 Å². The molecule has 8 heteroatoms. The van der Waals surface area contributed by atoms with Gasteiger partial charge in [-0.25, -0.2) is 0 Å². The third-order valence-electron chi connectivity index (χ3n) is 4.89. The zero-order valence-electron chi connectivity index (χ0n) is 18.7. The molecule has 0 saturated carbocycles. The first-order chi connectivity index (χ1) is 15.8. The molecule has 6 nitrogen and oxygen atoms in total. The van der Waals surface area contributed by atoms with E-state index < -0.39 is 19.1 Å². The molecule has 0 fully saturated rings. The van der Waals surface area contributed by atoms with Crippen LogP contribution >= 0.6 is 11.6 Å². The minimum Gasteiger partial charge on any atom is -0.426 e. The lowest BCUT2D eigenvalue weighted by atomic mass is 9.92. The molecular weight excluding hydrogens is 439 g/mol. The van der Waals surface area contributed by atoms with Crippen molar-refractivity contribution in [1.29, 1.82) is 0 Å². The molecule has 0 radical (unpaired) electrons. The summed E-state index contributed by atoms with van der Waals surface area (Å²) in [5, 5.41) is 23.4. The Morgan fingerprint density at radius 2 is 1.52 bits per heavy atom. The summed E-state index contributed by atoms with van der Waals surface area (Å²) in [7, 11) is -1.63. The predicted molar refractivity (Wildman–Crippen MR) is 132 cm³/mol. The quantitative estimate of drug-likeness (QED) is 0.400. The highest BCUT2D eigenvalue weighted by Gasteiger charge is 2.20. The molecule has 3 aromatic rings. The molecule has 0 aromatic heterocycles. The predicted octanol–water partition coefficient (Wildman–Crippen LogP) is 3.63. The van der Waals surface area contributed by atoms with E-state index >= 15 is 0 Å². The van der Waals surface area contributed by atoms with Gasteiger partial charge in [0.15, 0.2) is 0 Å². The van der Waals surface area contributed by atoms with E-state index in [2.05, 4.69) is 48.7 Å². The number of hydrogen-bond donors (Lipinski definition) is 4. The van der Waals surface area contributed by atoms with E-state index in [1.54, 1.807) is 54.6 Å². The van der Waals surface area contributed by atoms with Crippen LogP contribution in [0.15, 0.2) is 78.9 Å². The average molecular weight is 467 g/mol. The van der Waals surface area contributed by atoms with E-state index in [0.717, 1.165) is 0 Å². The van der Waals surface area contributed by atoms with Crippen molar-refractivity contribution in [2.75, 3.05) is 6.44 Å². The molecule has 1 atom stereocenters. The summed E-state index contributed by atoms with van der Waals surface area (Å²) in [6, 6.07) is 23.3. The largest absolute Gasteiger partial charge is 0.472 e. The fraction of sp³-hybridized carbons (Fsp3) is 0.200. The molecule has 2 amide bonds. The Morgan fingerprint density at radius 1 is 0.909 bits per heavy atom. The van der Waals surface area contributed by atoms with E-state index in [1.807, 2.05) is 0 Å². The lowest BCUT2D eigenvalue weighted by Crippen LogP contribution is -2.38. The maximum absolute atomic E-state index is 12.4. The Kier molecular flexibility index (Phi) is 10.6. The van der Waals surface area contributed by atoms with Gasteiger partial charge in [0.1, 0.15) is 0 Å². The number of carbonyl (C=O) groups excluding carboxylic acids is 2. The summed E-state index contributed by atoms with van der Waals surface area (Å²) >= 11 is 6.00. The maximum Gasteiger partial charge on any atom is 0.472 e. The topological polar surface area (TPSA) is 98.7 Å². The molecule has 0 bridgehead atoms. The van der Waals surface area contributed by atoms with Gasteiger partial charge in [0, 0.05) is 10.6 Å². The third kappa shape index (κ3) is 9.49. The Balaban J connectivity index is 0.000000405. The van der Waals surface area contributed by atoms with Crippen molar-refractivity contribution in [3.63, 3.8) is 0 Å². The second kappa shape index (κ2) is 13.4. The second-order valence-corrected chi connectivity index (χ2v) is 7.96. The summed E-state index contributed by atoms with van der Waals surface area (Å²) in [6.45, 7) is 4.24. The minimum absolute atomic E-state index is 0.0639. The standard InChI is InChI=1S/C17H18BClN2O4.C8H10/c19-14-8-4-7-13(9-14)15(10-16(22)20-11-18(24)25)21-17(23)12-5-2-1-3-6-12;1-7-5-3-4-6-8(7)2/h1-9,15,24-25H,10-11H2,(H,20,22)(H,21,23);3-6H,1-2H3. The zero-order valence-corrected chi connectivity index (χ0v) is 19.4. The van der Waals surface area contributed by atoms with Crippen molar-refractivity contribution >= 4 is 30.5 Å². The minimum atomic E-state index is -1.63. The van der Waals surface area contributed by atoms with E-state index in [9.17, 15) is 9.59 Å². The fourth-order valence-electron chi connectivity index (χ4n) is 2.93. The second-order valence-electron chi connectivity index (χ2n) is 7.52. The molecule has 172 valence electrons. The van der Waals surface area contributed by atoms with Crippen LogP contribution in [0.5, 0.6) is 0 Å². The van der Waals surface area contributed by atoms with Gasteiger partial charge < -0.3 is 20.7 Å². The first kappa shape index (κ1) is 26.1. The Hall–Kier alpha value is -3.13. The Labute approximate surface area is 199 Å². The Bertz CT molecular complexity index is 1030. The van der Waals surface area contributed by atoms with Crippen molar-refractivity contribution in [2.45, 2.75) is 26.3 Å². The summed E-state index contributed by atoms with van der Waals surface area (Å²) in [6.07, 6.45) is -0.348. The smallest absolute Gasteiger partial charge is 0.426 e. The van der Waals surface area contributed by atoms with Crippen LogP contribution in [-0.4, -0.2) is 35.4 Å². The molecule has 33 heavy (non-hydrogen) atoms. The first-order valence-corrected chi connectivity index (χ1v) is 10.9. The van der Waals surface area contributed by atoms with Crippen LogP contribution < -0.4 is 10.6 Å². The average Bonchev–Trinajstić information content (AvgIpc) is 2.80. The highest BCUT2D eigenvalue weighted by atomic mass is 35.5. The summed E-state index contributed by atoms with van der Waals surface area (Å²) in [5.74, 6) is -0.744. The molecule has 0 aliphatic rings. The molecule has 0 spiro atoms. The van der Waals surface area contributed by atoms with Crippen molar-refractivity contribution < 1.29 is 19.6 Å². The van der Waals surface area contributed by atoms with E-state index in [0.29, 0.717) is 16.1 Å². The van der Waals surface area contributed by atoms with Gasteiger partial charge in [-0.2, -0.15) is 0 Å². The van der Waals surface area contributed by atoms with Gasteiger partial charge >= 0.3 is 7.12 Å². The molecule has 0 saturated heterocycles. The number of amides is 2. The van der Waals surface area contributed by atoms with Crippen LogP contribution in [0, 0.1) is 13.8 Å². The summed E-state index contributed by atoms with van der Waals surface area (Å²) in [5.41, 5.74) is 3.89. The lowest BCUT2D eigenvalue weighted by Gasteiger charge is -2.19. The van der Waals surface area contributed by atoms with E-state index in [1.165, 1.54) is 11.1 Å². The zero-order chi connectivity index (χ0) is 24.2. The number of nitrogens with one attached hydrogen (secondary N) is 2. The number of rotatable bonds is 7. The first-order valence-electron chi connectivity index (χ1n) is 10.5. The van der Waals surface area contributed by atoms with Gasteiger partial charge in [0.25, 0.3) is 5.91 Å². The fourth-order valence-corrected chi connectivity index (χ4v) is 3.13. The van der Waals surface area contributed by atoms with Gasteiger partial charge in [-0.15, -0.1) is 0 Å². The highest BCUT2D eigenvalue weighted by molar-refractivity contribution is 6.41. The van der Waals surface area contributed by atoms with Crippen molar-refractivity contribution in [1.82, 2.24) is 10.6 Å². The molecule has 1 unspecified atom stereocenters. The van der Waals surface area contributed by atoms with Crippen molar-refractivity contribution in [3.8, 4) is 0 Å². The number of benzene rings is 3. The van der Waals surface area contributed by atoms with Crippen LogP contribution in [-0.2, 0) is 4.79 Å². The number of hydrogen-bond acceptors (Lipinski definition) is 4. The Morgan fingerprint density at radius 3 is 2.06 bits per heavy atom. The van der Waals surface area contributed by atoms with Gasteiger partial charge in [0.2, 0.25) is 5.91 Å². The van der Waals surface area contributed by atoms with Gasteiger partial charge in [-0.05, 0) is 54.8 Å². The molecular formula is C25H28BClN2O4. The van der Waals surface area contributed by atoms with Crippen LogP contribution in [0.1, 0.15) is 39.5 Å². The van der Waals surface area contributed by atoms with Crippen LogP contribution in [0.4, 0.5) is 0 Å². The molecule has 3 aromatic carbocycles. The molecule has 3 rings (SSSR count). The monoisotopic (exact) mass is 466 g/mol. The van der Waals surface area contributed by atoms with Gasteiger partial charge in [0.05, 0.1) is 18.9 Å². The van der Waals surface area contributed by atoms with Crippen molar-refractivity contribution in [3.05, 3.63) is 106 Å². The normalized spacial score (nSPS) is 10.9. The molecule has 0 aliphatic heterocycles. The SMILES string of the molecule is Cc1ccccc1C.O=C(CC(NC(=O)c1ccccc1)c1cccc(Cl)c1)NCB(O)O. The third-order valence-corrected chi connectivity index (χ3v) is 5.12. The van der Waals surface area contributed by atoms with Crippen LogP contribution in [0.25, 0.3) is 0 Å². The van der Waals surface area contributed by atoms with E-state index in [4.69, 9.17) is 21.6 Å². The summed E-state index contributed by atoms with van der Waals surface area (Å²) < 4.78 is 0. The van der Waals surface area contributed by atoms with E-state index in [-0.39, 0.29) is 18.8 Å². The number of carbonyl (C=O) groups is 2. The number of aryl methyl sites for hydroxylation is 2. The summed E-state index contributed by atoms with van der Waals surface area (Å²) in [4.78, 5) is 24.4. The molecule has 4 N–H and O–H groups in total. The highest BCUT2D eigenvalue weighted by Crippen LogP contribution is 2.21. The number of halogens is 1. The van der Waals surface area contributed by atoms with Gasteiger partial charge in [-0.3, -0.25) is 9.59 Å². The van der Waals surface area contributed by atoms with Crippen LogP contribution in [0.2, 0.25) is 5.02 Å². The maximum atomic E-state index is 12.4. The van der Waals surface area contributed by atoms with Crippen molar-refractivity contribution in [2.24, 2.45) is 0 Å². The lowest BCUT2D eigenvalue weighted by molar-refractivity contribution is -0.121. The van der Waals surface area contributed by atoms with Crippen LogP contribution in [0.3, 0.4) is 0 Å². The molecule has 0 heterocycles. The molecule has 0 aliphatic carbocycles.